The molecule has 2 unspecified atom stereocenters. The molecule has 1 rings (SSSR count). The Bertz CT molecular complexity index is 1510. The number of hydrogen-bond donors (Lipinski definition) is 4. The number of aliphatic hydroxyl groups excluding tert-OH is 4. The van der Waals surface area contributed by atoms with Crippen molar-refractivity contribution < 1.29 is 30.0 Å². The molecule has 0 amide bonds. The van der Waals surface area contributed by atoms with Crippen LogP contribution in [0.2, 0.25) is 0 Å². The zero-order valence-corrected chi connectivity index (χ0v) is 56.6. The maximum absolute atomic E-state index is 12.8. The van der Waals surface area contributed by atoms with Crippen LogP contribution in [-0.4, -0.2) is 167 Å². The summed E-state index contributed by atoms with van der Waals surface area (Å²) >= 11 is 0. The van der Waals surface area contributed by atoms with Crippen LogP contribution in [0.3, 0.4) is 0 Å². The van der Waals surface area contributed by atoms with E-state index in [9.17, 15) is 25.2 Å². The molecule has 4 atom stereocenters. The van der Waals surface area contributed by atoms with Crippen molar-refractivity contribution in [1.82, 2.24) is 19.6 Å². The number of carbonyl (C=O) groups is 1. The molecule has 1 saturated heterocycles. The molecule has 0 aromatic heterocycles. The molecular formula is C72H134N4O6S2. The van der Waals surface area contributed by atoms with Gasteiger partial charge in [0.05, 0.1) is 24.4 Å². The molecular weight excluding hydrogens is 1080 g/mol. The molecule has 1 fully saturated rings. The summed E-state index contributed by atoms with van der Waals surface area (Å²) < 4.78 is 5.71. The van der Waals surface area contributed by atoms with Gasteiger partial charge in [-0.3, -0.25) is 24.4 Å². The maximum atomic E-state index is 12.8. The molecule has 0 radical (unpaired) electrons. The predicted octanol–water partition coefficient (Wildman–Crippen LogP) is 17.0. The van der Waals surface area contributed by atoms with Crippen molar-refractivity contribution in [1.29, 1.82) is 0 Å². The first-order valence-electron chi connectivity index (χ1n) is 35.1. The topological polar surface area (TPSA) is 120 Å². The van der Waals surface area contributed by atoms with Crippen LogP contribution in [0.5, 0.6) is 0 Å². The minimum absolute atomic E-state index is 0.151. The molecule has 0 spiro atoms. The van der Waals surface area contributed by atoms with Gasteiger partial charge in [0.15, 0.2) is 0 Å². The van der Waals surface area contributed by atoms with Crippen molar-refractivity contribution in [2.45, 2.75) is 283 Å². The third kappa shape index (κ3) is 55.6. The van der Waals surface area contributed by atoms with Crippen molar-refractivity contribution in [3.63, 3.8) is 0 Å². The van der Waals surface area contributed by atoms with Crippen molar-refractivity contribution in [3.8, 4) is 0 Å². The van der Waals surface area contributed by atoms with Crippen molar-refractivity contribution in [3.05, 3.63) is 72.9 Å². The molecule has 1 heterocycles. The molecule has 4 N–H and O–H groups in total. The van der Waals surface area contributed by atoms with Gasteiger partial charge in [-0.15, -0.1) is 0 Å². The largest absolute Gasteiger partial charge is 0.464 e. The molecule has 0 bridgehead atoms. The Balaban J connectivity index is 2.40. The summed E-state index contributed by atoms with van der Waals surface area (Å²) in [6, 6.07) is 0. The third-order valence-electron chi connectivity index (χ3n) is 16.1. The van der Waals surface area contributed by atoms with Crippen LogP contribution in [0.25, 0.3) is 0 Å². The fourth-order valence-corrected chi connectivity index (χ4v) is 13.0. The first kappa shape index (κ1) is 80.3. The van der Waals surface area contributed by atoms with Crippen LogP contribution in [-0.2, 0) is 9.53 Å². The molecule has 10 nitrogen and oxygen atoms in total. The minimum Gasteiger partial charge on any atom is -0.464 e. The second-order valence-corrected chi connectivity index (χ2v) is 26.9. The van der Waals surface area contributed by atoms with Crippen molar-refractivity contribution in [2.24, 2.45) is 0 Å². The zero-order valence-electron chi connectivity index (χ0n) is 55.0. The van der Waals surface area contributed by atoms with Gasteiger partial charge in [0.2, 0.25) is 0 Å². The lowest BCUT2D eigenvalue weighted by Crippen LogP contribution is -2.47. The summed E-state index contributed by atoms with van der Waals surface area (Å²) in [5.41, 5.74) is 0. The van der Waals surface area contributed by atoms with Crippen molar-refractivity contribution >= 4 is 27.6 Å². The van der Waals surface area contributed by atoms with E-state index in [0.29, 0.717) is 52.2 Å². The highest BCUT2D eigenvalue weighted by atomic mass is 33.1. The van der Waals surface area contributed by atoms with Gasteiger partial charge in [0.25, 0.3) is 0 Å². The number of nitrogens with zero attached hydrogens (tertiary/aromatic N) is 4. The SMILES string of the molecule is CC/C=C\C/C=C\C/C=C\CCCCCC[C@H](O)CN(CCCCSSCCN1CCN(CCOC(=O)CCCN(CC(O)CCCCCCCC)CC(O)CCCCCCCC)CC1)C[C@@H](O)CCCCCC/C=C\C/C=C\C/C=C\CC. The monoisotopic (exact) mass is 1210 g/mol. The van der Waals surface area contributed by atoms with Gasteiger partial charge < -0.3 is 25.2 Å². The molecule has 0 aromatic carbocycles. The van der Waals surface area contributed by atoms with Crippen LogP contribution in [0.4, 0.5) is 0 Å². The third-order valence-corrected chi connectivity index (χ3v) is 18.5. The Hall–Kier alpha value is -1.71. The van der Waals surface area contributed by atoms with E-state index in [1.807, 2.05) is 21.6 Å². The van der Waals surface area contributed by atoms with E-state index in [2.05, 4.69) is 120 Å². The number of allylic oxidation sites excluding steroid dienone is 12. The fraction of sp³-hybridized carbons (Fsp3) is 0.819. The van der Waals surface area contributed by atoms with Gasteiger partial charge in [0.1, 0.15) is 6.61 Å². The Morgan fingerprint density at radius 2 is 0.774 bits per heavy atom. The van der Waals surface area contributed by atoms with Crippen LogP contribution in [0.1, 0.15) is 259 Å². The first-order chi connectivity index (χ1) is 41.2. The molecule has 490 valence electrons. The highest BCUT2D eigenvalue weighted by Crippen LogP contribution is 2.23. The van der Waals surface area contributed by atoms with Gasteiger partial charge in [-0.25, -0.2) is 0 Å². The summed E-state index contributed by atoms with van der Waals surface area (Å²) in [4.78, 5) is 22.3. The molecule has 0 aliphatic carbocycles. The van der Waals surface area contributed by atoms with Gasteiger partial charge in [-0.05, 0) is 122 Å². The van der Waals surface area contributed by atoms with Crippen LogP contribution < -0.4 is 0 Å². The second-order valence-electron chi connectivity index (χ2n) is 24.2. The van der Waals surface area contributed by atoms with Gasteiger partial charge >= 0.3 is 5.97 Å². The van der Waals surface area contributed by atoms with Crippen LogP contribution >= 0.6 is 21.6 Å². The number of ether oxygens (including phenoxy) is 1. The highest BCUT2D eigenvalue weighted by Gasteiger charge is 2.20. The van der Waals surface area contributed by atoms with E-state index in [0.717, 1.165) is 199 Å². The van der Waals surface area contributed by atoms with Gasteiger partial charge in [-0.1, -0.05) is 238 Å². The molecule has 12 heteroatoms. The minimum atomic E-state index is -0.406. The van der Waals surface area contributed by atoms with E-state index in [4.69, 9.17) is 4.74 Å². The summed E-state index contributed by atoms with van der Waals surface area (Å²) in [7, 11) is 3.96. The van der Waals surface area contributed by atoms with Crippen LogP contribution in [0, 0.1) is 0 Å². The summed E-state index contributed by atoms with van der Waals surface area (Å²) in [6.07, 6.45) is 64.3. The number of unbranched alkanes of at least 4 members (excludes halogenated alkanes) is 19. The Morgan fingerprint density at radius 1 is 0.417 bits per heavy atom. The smallest absolute Gasteiger partial charge is 0.305 e. The Morgan fingerprint density at radius 3 is 1.20 bits per heavy atom. The molecule has 0 aromatic rings. The van der Waals surface area contributed by atoms with E-state index in [-0.39, 0.29) is 18.2 Å². The number of rotatable bonds is 62. The van der Waals surface area contributed by atoms with E-state index in [1.165, 1.54) is 77.0 Å². The normalized spacial score (nSPS) is 15.5. The number of esters is 1. The average Bonchev–Trinajstić information content (AvgIpc) is 3.56. The van der Waals surface area contributed by atoms with Gasteiger partial charge in [-0.2, -0.15) is 0 Å². The van der Waals surface area contributed by atoms with E-state index >= 15 is 0 Å². The first-order valence-corrected chi connectivity index (χ1v) is 37.6. The highest BCUT2D eigenvalue weighted by molar-refractivity contribution is 8.76. The lowest BCUT2D eigenvalue weighted by molar-refractivity contribution is -0.144. The number of carbonyl (C=O) groups excluding carboxylic acids is 1. The van der Waals surface area contributed by atoms with E-state index in [1.54, 1.807) is 0 Å². The quantitative estimate of drug-likeness (QED) is 0.0201. The maximum Gasteiger partial charge on any atom is 0.305 e. The predicted molar refractivity (Wildman–Crippen MR) is 369 cm³/mol. The molecule has 84 heavy (non-hydrogen) atoms. The molecule has 0 saturated carbocycles. The van der Waals surface area contributed by atoms with Gasteiger partial charge in [0, 0.05) is 83.4 Å². The Kier molecular flexibility index (Phi) is 60.1. The van der Waals surface area contributed by atoms with Crippen molar-refractivity contribution in [2.75, 3.05) is 96.6 Å². The number of aliphatic hydroxyl groups is 4. The molecule has 1 aliphatic rings. The summed E-state index contributed by atoms with van der Waals surface area (Å²) in [5.74, 6) is 2.07. The second kappa shape index (κ2) is 62.9. The average molecular weight is 1220 g/mol. The standard InChI is InChI=1S/C72H134N4O6S2/c1-5-9-13-17-21-23-25-27-29-31-33-35-39-43-50-68(77)64-75(65-69(78)51-44-40-36-34-32-30-28-26-24-22-18-14-10-6-2)53-45-46-62-83-84-63-60-74-57-55-73(56-58-74)59-61-82-72(81)52-47-54-76(66-70(79)48-41-37-19-15-11-7-3)67-71(80)49-42-38-20-16-12-8-4/h9-10,13-14,21-24,27-30,68-71,77-80H,5-8,11-12,15-20,25-26,31-67H2,1-4H3/b13-9-,14-10-,23-21-,24-22-,29-27-,30-28-/t68-,69-,70?,71?/m0/s1. The summed E-state index contributed by atoms with van der Waals surface area (Å²) in [5, 5.41) is 44.1. The fourth-order valence-electron chi connectivity index (χ4n) is 10.9. The summed E-state index contributed by atoms with van der Waals surface area (Å²) in [6.45, 7) is 19.2. The van der Waals surface area contributed by atoms with Crippen LogP contribution in [0.15, 0.2) is 72.9 Å². The molecule has 1 aliphatic heterocycles. The van der Waals surface area contributed by atoms with E-state index < -0.39 is 12.2 Å². The number of piperazine rings is 1. The number of hydrogen-bond acceptors (Lipinski definition) is 12. The Labute approximate surface area is 527 Å². The lowest BCUT2D eigenvalue weighted by atomic mass is 10.1. The zero-order chi connectivity index (χ0) is 60.9. The lowest BCUT2D eigenvalue weighted by Gasteiger charge is -2.34.